The van der Waals surface area contributed by atoms with Crippen molar-refractivity contribution in [2.24, 2.45) is 0 Å². The Morgan fingerprint density at radius 2 is 2.64 bits per heavy atom. The van der Waals surface area contributed by atoms with Crippen molar-refractivity contribution in [1.29, 1.82) is 5.26 Å². The minimum Gasteiger partial charge on any atom is -0.491 e. The first-order valence-electron chi connectivity index (χ1n) is 3.27. The Balaban J connectivity index is 2.85. The molecular formula is C8H7N2O. The fraction of sp³-hybridized carbons (Fsp3) is 0.250. The molecule has 1 heterocycles. The van der Waals surface area contributed by atoms with Gasteiger partial charge in [-0.1, -0.05) is 0 Å². The lowest BCUT2D eigenvalue weighted by Crippen LogP contribution is -1.92. The van der Waals surface area contributed by atoms with E-state index in [2.05, 4.69) is 11.2 Å². The second-order valence-corrected chi connectivity index (χ2v) is 1.88. The minimum absolute atomic E-state index is 0.493. The molecule has 0 N–H and O–H groups in total. The van der Waals surface area contributed by atoms with Crippen molar-refractivity contribution in [1.82, 2.24) is 4.98 Å². The lowest BCUT2D eigenvalue weighted by atomic mass is 10.3. The third-order valence-corrected chi connectivity index (χ3v) is 1.09. The maximum atomic E-state index is 8.47. The molecule has 1 radical (unpaired) electrons. The van der Waals surface area contributed by atoms with Crippen LogP contribution in [0.15, 0.2) is 12.3 Å². The summed E-state index contributed by atoms with van der Waals surface area (Å²) in [5, 5.41) is 8.47. The normalized spacial score (nSPS) is 8.73. The van der Waals surface area contributed by atoms with Gasteiger partial charge in [-0.3, -0.25) is 0 Å². The predicted octanol–water partition coefficient (Wildman–Crippen LogP) is 1.15. The minimum atomic E-state index is 0.493. The van der Waals surface area contributed by atoms with Crippen molar-refractivity contribution in [3.8, 4) is 11.8 Å². The lowest BCUT2D eigenvalue weighted by molar-refractivity contribution is 0.338. The van der Waals surface area contributed by atoms with Crippen molar-refractivity contribution in [2.75, 3.05) is 6.61 Å². The van der Waals surface area contributed by atoms with Gasteiger partial charge >= 0.3 is 0 Å². The first-order chi connectivity index (χ1) is 5.36. The van der Waals surface area contributed by atoms with Crippen LogP contribution in [0.2, 0.25) is 0 Å². The molecule has 1 aromatic heterocycles. The smallest absolute Gasteiger partial charge is 0.148 e. The van der Waals surface area contributed by atoms with Gasteiger partial charge in [-0.25, -0.2) is 4.98 Å². The molecule has 0 bridgehead atoms. The number of aromatic nitrogens is 1. The Labute approximate surface area is 65.3 Å². The van der Waals surface area contributed by atoms with Crippen molar-refractivity contribution >= 4 is 0 Å². The zero-order valence-electron chi connectivity index (χ0n) is 6.16. The summed E-state index contributed by atoms with van der Waals surface area (Å²) in [5.41, 5.74) is 0.493. The standard InChI is InChI=1S/C8H7N2O/c1-2-11-8-3-7(4-9)5-10-6-8/h3,5H,2H2,1H3. The van der Waals surface area contributed by atoms with Crippen molar-refractivity contribution in [3.05, 3.63) is 24.0 Å². The van der Waals surface area contributed by atoms with E-state index in [1.807, 2.05) is 13.0 Å². The van der Waals surface area contributed by atoms with Gasteiger partial charge in [0.2, 0.25) is 0 Å². The third kappa shape index (κ3) is 1.94. The molecule has 0 spiro atoms. The zero-order valence-corrected chi connectivity index (χ0v) is 6.16. The van der Waals surface area contributed by atoms with Crippen LogP contribution in [-0.2, 0) is 0 Å². The molecule has 0 unspecified atom stereocenters. The third-order valence-electron chi connectivity index (χ3n) is 1.09. The van der Waals surface area contributed by atoms with Crippen LogP contribution in [0.1, 0.15) is 12.5 Å². The molecule has 1 aromatic rings. The molecule has 0 fully saturated rings. The molecule has 0 aliphatic heterocycles. The van der Waals surface area contributed by atoms with E-state index < -0.39 is 0 Å². The van der Waals surface area contributed by atoms with Gasteiger partial charge in [0, 0.05) is 12.3 Å². The van der Waals surface area contributed by atoms with E-state index in [9.17, 15) is 0 Å². The zero-order chi connectivity index (χ0) is 8.10. The predicted molar refractivity (Wildman–Crippen MR) is 39.0 cm³/mol. The molecule has 11 heavy (non-hydrogen) atoms. The molecule has 0 saturated carbocycles. The fourth-order valence-corrected chi connectivity index (χ4v) is 0.667. The summed E-state index contributed by atoms with van der Waals surface area (Å²) >= 11 is 0. The Morgan fingerprint density at radius 3 is 3.27 bits per heavy atom. The number of ether oxygens (including phenoxy) is 1. The Morgan fingerprint density at radius 1 is 1.82 bits per heavy atom. The Kier molecular flexibility index (Phi) is 2.45. The largest absolute Gasteiger partial charge is 0.491 e. The van der Waals surface area contributed by atoms with Crippen LogP contribution in [-0.4, -0.2) is 11.6 Å². The second-order valence-electron chi connectivity index (χ2n) is 1.88. The SMILES string of the molecule is CCOc1[c]ncc(C#N)c1. The van der Waals surface area contributed by atoms with Crippen LogP contribution >= 0.6 is 0 Å². The van der Waals surface area contributed by atoms with Gasteiger partial charge < -0.3 is 4.74 Å². The summed E-state index contributed by atoms with van der Waals surface area (Å²) in [4.78, 5) is 3.70. The van der Waals surface area contributed by atoms with Gasteiger partial charge in [0.25, 0.3) is 0 Å². The quantitative estimate of drug-likeness (QED) is 0.630. The summed E-state index contributed by atoms with van der Waals surface area (Å²) in [6.45, 7) is 2.43. The van der Waals surface area contributed by atoms with E-state index in [1.54, 1.807) is 6.07 Å². The van der Waals surface area contributed by atoms with Crippen LogP contribution in [0.25, 0.3) is 0 Å². The summed E-state index contributed by atoms with van der Waals surface area (Å²) in [6, 6.07) is 3.57. The Bertz CT molecular complexity index is 278. The topological polar surface area (TPSA) is 45.9 Å². The van der Waals surface area contributed by atoms with E-state index in [-0.39, 0.29) is 0 Å². The molecule has 0 aliphatic rings. The van der Waals surface area contributed by atoms with Gasteiger partial charge in [0.05, 0.1) is 12.2 Å². The summed E-state index contributed by atoms with van der Waals surface area (Å²) in [7, 11) is 0. The highest BCUT2D eigenvalue weighted by molar-refractivity contribution is 5.31. The van der Waals surface area contributed by atoms with Crippen molar-refractivity contribution in [2.45, 2.75) is 6.92 Å². The van der Waals surface area contributed by atoms with Gasteiger partial charge in [-0.2, -0.15) is 5.26 Å². The Hall–Kier alpha value is -1.56. The molecule has 55 valence electrons. The lowest BCUT2D eigenvalue weighted by Gasteiger charge is -1.99. The monoisotopic (exact) mass is 147 g/mol. The first kappa shape index (κ1) is 7.55. The van der Waals surface area contributed by atoms with Crippen LogP contribution in [0.3, 0.4) is 0 Å². The van der Waals surface area contributed by atoms with E-state index in [0.29, 0.717) is 17.9 Å². The highest BCUT2D eigenvalue weighted by Crippen LogP contribution is 2.08. The van der Waals surface area contributed by atoms with Gasteiger partial charge in [0.1, 0.15) is 18.0 Å². The summed E-state index contributed by atoms with van der Waals surface area (Å²) < 4.78 is 5.08. The molecule has 0 aliphatic carbocycles. The summed E-state index contributed by atoms with van der Waals surface area (Å²) in [6.07, 6.45) is 4.07. The molecule has 3 nitrogen and oxygen atoms in total. The molecule has 0 atom stereocenters. The van der Waals surface area contributed by atoms with Crippen molar-refractivity contribution < 1.29 is 4.74 Å². The number of nitrogens with zero attached hydrogens (tertiary/aromatic N) is 2. The maximum absolute atomic E-state index is 8.47. The van der Waals surface area contributed by atoms with Crippen LogP contribution < -0.4 is 4.74 Å². The van der Waals surface area contributed by atoms with E-state index in [4.69, 9.17) is 10.00 Å². The molecule has 0 amide bonds. The highest BCUT2D eigenvalue weighted by Gasteiger charge is 1.94. The van der Waals surface area contributed by atoms with E-state index >= 15 is 0 Å². The van der Waals surface area contributed by atoms with Gasteiger partial charge in [-0.05, 0) is 6.92 Å². The van der Waals surface area contributed by atoms with Crippen LogP contribution in [0, 0.1) is 17.5 Å². The van der Waals surface area contributed by atoms with Gasteiger partial charge in [0.15, 0.2) is 0 Å². The number of hydrogen-bond donors (Lipinski definition) is 0. The molecular weight excluding hydrogens is 140 g/mol. The molecule has 1 rings (SSSR count). The molecule has 0 aromatic carbocycles. The molecule has 3 heteroatoms. The average Bonchev–Trinajstić information content (AvgIpc) is 2.06. The average molecular weight is 147 g/mol. The number of hydrogen-bond acceptors (Lipinski definition) is 3. The fourth-order valence-electron chi connectivity index (χ4n) is 0.667. The summed E-state index contributed by atoms with van der Waals surface area (Å²) in [5.74, 6) is 0.520. The first-order valence-corrected chi connectivity index (χ1v) is 3.27. The molecule has 0 saturated heterocycles. The van der Waals surface area contributed by atoms with E-state index in [1.165, 1.54) is 6.20 Å². The highest BCUT2D eigenvalue weighted by atomic mass is 16.5. The van der Waals surface area contributed by atoms with Crippen LogP contribution in [0.4, 0.5) is 0 Å². The van der Waals surface area contributed by atoms with E-state index in [0.717, 1.165) is 0 Å². The number of nitriles is 1. The second kappa shape index (κ2) is 3.57. The van der Waals surface area contributed by atoms with Crippen molar-refractivity contribution in [3.63, 3.8) is 0 Å². The number of pyridine rings is 1. The van der Waals surface area contributed by atoms with Gasteiger partial charge in [-0.15, -0.1) is 0 Å². The maximum Gasteiger partial charge on any atom is 0.148 e. The van der Waals surface area contributed by atoms with Crippen LogP contribution in [0.5, 0.6) is 5.75 Å². The number of rotatable bonds is 2.